The lowest BCUT2D eigenvalue weighted by molar-refractivity contribution is -0.0518. The van der Waals surface area contributed by atoms with E-state index in [0.717, 1.165) is 24.2 Å². The van der Waals surface area contributed by atoms with Gasteiger partial charge in [-0.25, -0.2) is 18.8 Å². The molecule has 0 bridgehead atoms. The van der Waals surface area contributed by atoms with E-state index in [4.69, 9.17) is 23.7 Å². The maximum absolute atomic E-state index is 13.6. The van der Waals surface area contributed by atoms with Crippen molar-refractivity contribution in [2.75, 3.05) is 6.54 Å². The molecule has 3 atom stereocenters. The van der Waals surface area contributed by atoms with Gasteiger partial charge in [-0.2, -0.15) is 0 Å². The van der Waals surface area contributed by atoms with Gasteiger partial charge in [0, 0.05) is 6.54 Å². The average molecular weight is 601 g/mol. The van der Waals surface area contributed by atoms with Gasteiger partial charge in [-0.05, 0) is 96.2 Å². The van der Waals surface area contributed by atoms with Crippen LogP contribution in [-0.2, 0) is 31.9 Å². The summed E-state index contributed by atoms with van der Waals surface area (Å²) in [4.78, 5) is 40.5. The third-order valence-corrected chi connectivity index (χ3v) is 6.55. The summed E-state index contributed by atoms with van der Waals surface area (Å²) in [6.07, 6.45) is -1.97. The minimum atomic E-state index is -1.07. The molecular weight excluding hydrogens is 559 g/mol. The Balaban J connectivity index is 1.58. The number of hydrogen-bond donors (Lipinski definition) is 1. The highest BCUT2D eigenvalue weighted by molar-refractivity contribution is 5.71. The van der Waals surface area contributed by atoms with Crippen molar-refractivity contribution in [2.24, 2.45) is 0 Å². The molecule has 0 radical (unpaired) electrons. The summed E-state index contributed by atoms with van der Waals surface area (Å²) >= 11 is 0. The van der Waals surface area contributed by atoms with E-state index in [1.54, 1.807) is 47.6 Å². The van der Waals surface area contributed by atoms with Gasteiger partial charge < -0.3 is 29.0 Å². The van der Waals surface area contributed by atoms with Gasteiger partial charge in [0.15, 0.2) is 12.2 Å². The van der Waals surface area contributed by atoms with Crippen molar-refractivity contribution in [3.8, 4) is 5.75 Å². The lowest BCUT2D eigenvalue weighted by Crippen LogP contribution is -2.46. The number of hydrogen-bond acceptors (Lipinski definition) is 8. The monoisotopic (exact) mass is 600 g/mol. The van der Waals surface area contributed by atoms with Crippen LogP contribution in [0.2, 0.25) is 0 Å². The minimum Gasteiger partial charge on any atom is -0.490 e. The quantitative estimate of drug-likeness (QED) is 0.284. The highest BCUT2D eigenvalue weighted by atomic mass is 19.1. The highest BCUT2D eigenvalue weighted by Crippen LogP contribution is 2.31. The van der Waals surface area contributed by atoms with E-state index < -0.39 is 53.6 Å². The number of ether oxygens (including phenoxy) is 5. The fourth-order valence-corrected chi connectivity index (χ4v) is 4.58. The highest BCUT2D eigenvalue weighted by Gasteiger charge is 2.50. The number of amides is 2. The summed E-state index contributed by atoms with van der Waals surface area (Å²) in [5.74, 6) is 0.313. The number of nitrogens with zero attached hydrogens (tertiary/aromatic N) is 1. The van der Waals surface area contributed by atoms with Crippen molar-refractivity contribution in [2.45, 2.75) is 103 Å². The summed E-state index contributed by atoms with van der Waals surface area (Å²) in [6.45, 7) is 10.2. The Bertz CT molecular complexity index is 1280. The van der Waals surface area contributed by atoms with Crippen molar-refractivity contribution < 1.29 is 42.5 Å². The predicted octanol–water partition coefficient (Wildman–Crippen LogP) is 6.14. The van der Waals surface area contributed by atoms with Gasteiger partial charge in [-0.1, -0.05) is 24.3 Å². The molecule has 234 valence electrons. The van der Waals surface area contributed by atoms with Crippen molar-refractivity contribution in [1.29, 1.82) is 0 Å². The summed E-state index contributed by atoms with van der Waals surface area (Å²) in [7, 11) is 0. The van der Waals surface area contributed by atoms with Crippen LogP contribution in [0.1, 0.15) is 65.5 Å². The number of carbonyl (C=O) groups excluding carboxylic acids is 3. The lowest BCUT2D eigenvalue weighted by atomic mass is 10.0. The molecule has 1 saturated carbocycles. The van der Waals surface area contributed by atoms with Crippen LogP contribution in [0, 0.1) is 5.82 Å². The molecule has 2 aromatic carbocycles. The lowest BCUT2D eigenvalue weighted by Gasteiger charge is -2.30. The van der Waals surface area contributed by atoms with Gasteiger partial charge in [-0.15, -0.1) is 0 Å². The Labute approximate surface area is 251 Å². The zero-order valence-electron chi connectivity index (χ0n) is 25.6. The standard InChI is InChI=1S/C32H41FN2O8/c1-31(2,3)42-29(37)35-19-26(40-30(38)43-32(4,5)6)27(41-28(36)34-18-21-8-7-9-22(33)16-21)25(35)17-20-10-12-23(13-11-20)39-24-14-15-24/h7-13,16,24-27H,14-15,17-19H2,1-6H3,(H,34,36)/t25-,26+,27+/m1/s1. The predicted molar refractivity (Wildman–Crippen MR) is 155 cm³/mol. The van der Waals surface area contributed by atoms with Gasteiger partial charge >= 0.3 is 18.3 Å². The molecule has 0 spiro atoms. The van der Waals surface area contributed by atoms with Gasteiger partial charge in [0.25, 0.3) is 0 Å². The smallest absolute Gasteiger partial charge is 0.490 e. The van der Waals surface area contributed by atoms with E-state index in [1.165, 1.54) is 23.1 Å². The van der Waals surface area contributed by atoms with Crippen LogP contribution in [0.3, 0.4) is 0 Å². The first-order valence-electron chi connectivity index (χ1n) is 14.5. The molecule has 11 heteroatoms. The number of rotatable bonds is 8. The van der Waals surface area contributed by atoms with Crippen molar-refractivity contribution >= 4 is 18.3 Å². The van der Waals surface area contributed by atoms with Gasteiger partial charge in [0.05, 0.1) is 18.7 Å². The third kappa shape index (κ3) is 10.0. The van der Waals surface area contributed by atoms with E-state index in [-0.39, 0.29) is 25.6 Å². The number of alkyl carbamates (subject to hydrolysis) is 1. The molecule has 0 aromatic heterocycles. The summed E-state index contributed by atoms with van der Waals surface area (Å²) in [5, 5.41) is 2.61. The van der Waals surface area contributed by atoms with Crippen LogP contribution in [0.5, 0.6) is 5.75 Å². The minimum absolute atomic E-state index is 0.00378. The molecule has 4 rings (SSSR count). The fourth-order valence-electron chi connectivity index (χ4n) is 4.58. The average Bonchev–Trinajstić information content (AvgIpc) is 3.64. The fraction of sp³-hybridized carbons (Fsp3) is 0.531. The SMILES string of the molecule is CC(C)(C)OC(=O)O[C@H]1CN(C(=O)OC(C)(C)C)[C@H](Cc2ccc(OC3CC3)cc2)[C@@H]1OC(=O)NCc1cccc(F)c1. The van der Waals surface area contributed by atoms with E-state index in [2.05, 4.69) is 5.32 Å². The van der Waals surface area contributed by atoms with Crippen molar-refractivity contribution in [1.82, 2.24) is 10.2 Å². The first-order chi connectivity index (χ1) is 20.1. The van der Waals surface area contributed by atoms with Crippen LogP contribution in [0.25, 0.3) is 0 Å². The zero-order valence-corrected chi connectivity index (χ0v) is 25.6. The van der Waals surface area contributed by atoms with Gasteiger partial charge in [0.1, 0.15) is 22.8 Å². The van der Waals surface area contributed by atoms with Crippen molar-refractivity contribution in [3.05, 3.63) is 65.5 Å². The normalized spacial score (nSPS) is 20.3. The maximum atomic E-state index is 13.6. The van der Waals surface area contributed by atoms with Crippen LogP contribution in [0.15, 0.2) is 48.5 Å². The number of carbonyl (C=O) groups is 3. The van der Waals surface area contributed by atoms with Gasteiger partial charge in [0.2, 0.25) is 0 Å². The van der Waals surface area contributed by atoms with E-state index >= 15 is 0 Å². The second kappa shape index (κ2) is 13.1. The molecule has 1 saturated heterocycles. The molecular formula is C32H41FN2O8. The van der Waals surface area contributed by atoms with Crippen LogP contribution >= 0.6 is 0 Å². The molecule has 1 heterocycles. The number of halogens is 1. The zero-order chi connectivity index (χ0) is 31.4. The molecule has 2 aromatic rings. The molecule has 10 nitrogen and oxygen atoms in total. The largest absolute Gasteiger partial charge is 0.509 e. The third-order valence-electron chi connectivity index (χ3n) is 6.55. The second-order valence-corrected chi connectivity index (χ2v) is 12.8. The summed E-state index contributed by atoms with van der Waals surface area (Å²) in [6, 6.07) is 12.5. The van der Waals surface area contributed by atoms with E-state index in [9.17, 15) is 18.8 Å². The van der Waals surface area contributed by atoms with Crippen LogP contribution < -0.4 is 10.1 Å². The van der Waals surface area contributed by atoms with E-state index in [1.807, 2.05) is 24.3 Å². The van der Waals surface area contributed by atoms with Crippen molar-refractivity contribution in [3.63, 3.8) is 0 Å². The first kappa shape index (κ1) is 31.9. The molecule has 2 fully saturated rings. The molecule has 2 amide bonds. The first-order valence-corrected chi connectivity index (χ1v) is 14.5. The topological polar surface area (TPSA) is 113 Å². The number of nitrogens with one attached hydrogen (secondary N) is 1. The molecule has 0 unspecified atom stereocenters. The van der Waals surface area contributed by atoms with Gasteiger partial charge in [-0.3, -0.25) is 4.90 Å². The Morgan fingerprint density at radius 2 is 1.58 bits per heavy atom. The Kier molecular flexibility index (Phi) is 9.72. The van der Waals surface area contributed by atoms with E-state index in [0.29, 0.717) is 5.56 Å². The molecule has 1 aliphatic carbocycles. The van der Waals surface area contributed by atoms with Crippen LogP contribution in [0.4, 0.5) is 18.8 Å². The molecule has 2 aliphatic rings. The summed E-state index contributed by atoms with van der Waals surface area (Å²) < 4.78 is 42.0. The Morgan fingerprint density at radius 1 is 0.907 bits per heavy atom. The second-order valence-electron chi connectivity index (χ2n) is 12.8. The Hall–Kier alpha value is -4.02. The summed E-state index contributed by atoms with van der Waals surface area (Å²) in [5.41, 5.74) is -0.256. The number of likely N-dealkylation sites (tertiary alicyclic amines) is 1. The molecule has 43 heavy (non-hydrogen) atoms. The maximum Gasteiger partial charge on any atom is 0.509 e. The molecule has 1 N–H and O–H groups in total. The number of benzene rings is 2. The molecule has 1 aliphatic heterocycles. The van der Waals surface area contributed by atoms with Crippen LogP contribution in [-0.4, -0.2) is 65.3 Å². The Morgan fingerprint density at radius 3 is 2.19 bits per heavy atom.